The molecule has 0 aromatic rings. The molecule has 0 radical (unpaired) electrons. The number of carbonyl (C=O) groups is 1. The molecule has 0 aliphatic rings. The van der Waals surface area contributed by atoms with E-state index in [0.29, 0.717) is 5.57 Å². The van der Waals surface area contributed by atoms with Crippen molar-refractivity contribution in [3.05, 3.63) is 11.6 Å². The average molecular weight is 175 g/mol. The second-order valence-electron chi connectivity index (χ2n) is 1.80. The Morgan fingerprint density at radius 3 is 2.45 bits per heavy atom. The lowest BCUT2D eigenvalue weighted by Crippen LogP contribution is -2.22. The van der Waals surface area contributed by atoms with Crippen LogP contribution in [0.15, 0.2) is 16.6 Å². The number of aliphatic imine (C=N–C) groups is 1. The maximum absolute atomic E-state index is 11.0. The molecule has 0 aromatic carbocycles. The molecule has 62 valence electrons. The number of halogens is 1. The molecule has 1 N–H and O–H groups in total. The molecule has 4 heteroatoms. The quantitative estimate of drug-likeness (QED) is 0.492. The topological polar surface area (TPSA) is 41.5 Å². The predicted octanol–water partition coefficient (Wildman–Crippen LogP) is 0.946. The summed E-state index contributed by atoms with van der Waals surface area (Å²) < 4.78 is 0. The lowest BCUT2D eigenvalue weighted by Gasteiger charge is -2.00. The minimum absolute atomic E-state index is 0.219. The first kappa shape index (κ1) is 10.2. The molecule has 0 saturated carbocycles. The number of likely N-dealkylation sites (N-methyl/N-ethyl adjacent to an activating group) is 1. The minimum atomic E-state index is -0.219. The summed E-state index contributed by atoms with van der Waals surface area (Å²) in [6, 6.07) is 0. The third kappa shape index (κ3) is 2.72. The van der Waals surface area contributed by atoms with Crippen LogP contribution in [-0.4, -0.2) is 25.2 Å². The Morgan fingerprint density at radius 2 is 2.18 bits per heavy atom. The Hall–Kier alpha value is -0.830. The first-order chi connectivity index (χ1) is 5.17. The van der Waals surface area contributed by atoms with Crippen LogP contribution >= 0.6 is 11.6 Å². The Morgan fingerprint density at radius 1 is 1.64 bits per heavy atom. The second-order valence-corrected chi connectivity index (χ2v) is 2.15. The number of rotatable bonds is 2. The van der Waals surface area contributed by atoms with Crippen LogP contribution < -0.4 is 5.32 Å². The van der Waals surface area contributed by atoms with Crippen LogP contribution in [0.2, 0.25) is 0 Å². The smallest absolute Gasteiger partial charge is 0.253 e. The first-order valence-corrected chi connectivity index (χ1v) is 3.56. The molecule has 0 aliphatic carbocycles. The Labute approximate surface area is 71.1 Å². The van der Waals surface area contributed by atoms with Crippen LogP contribution in [0, 0.1) is 0 Å². The molecule has 3 nitrogen and oxygen atoms in total. The zero-order valence-corrected chi connectivity index (χ0v) is 7.57. The van der Waals surface area contributed by atoms with Crippen molar-refractivity contribution in [3.63, 3.8) is 0 Å². The van der Waals surface area contributed by atoms with E-state index in [-0.39, 0.29) is 11.1 Å². The van der Waals surface area contributed by atoms with E-state index in [4.69, 9.17) is 11.6 Å². The SMILES string of the molecule is C/C=C(/C(=O)NC)C(Cl)=NC. The molecule has 0 aliphatic heterocycles. The predicted molar refractivity (Wildman–Crippen MR) is 47.0 cm³/mol. The minimum Gasteiger partial charge on any atom is -0.355 e. The molecule has 0 rings (SSSR count). The van der Waals surface area contributed by atoms with E-state index >= 15 is 0 Å². The second kappa shape index (κ2) is 4.91. The highest BCUT2D eigenvalue weighted by atomic mass is 35.5. The van der Waals surface area contributed by atoms with Gasteiger partial charge in [0.25, 0.3) is 5.91 Å². The number of nitrogens with one attached hydrogen (secondary N) is 1. The molecule has 0 unspecified atom stereocenters. The van der Waals surface area contributed by atoms with Crippen LogP contribution in [0.5, 0.6) is 0 Å². The van der Waals surface area contributed by atoms with E-state index in [1.165, 1.54) is 7.05 Å². The van der Waals surface area contributed by atoms with Crippen LogP contribution in [0.4, 0.5) is 0 Å². The van der Waals surface area contributed by atoms with E-state index in [1.807, 2.05) is 0 Å². The summed E-state index contributed by atoms with van der Waals surface area (Å²) in [4.78, 5) is 14.7. The van der Waals surface area contributed by atoms with E-state index in [9.17, 15) is 4.79 Å². The molecule has 0 saturated heterocycles. The molecule has 11 heavy (non-hydrogen) atoms. The number of allylic oxidation sites excluding steroid dienone is 1. The summed E-state index contributed by atoms with van der Waals surface area (Å²) in [7, 11) is 3.08. The largest absolute Gasteiger partial charge is 0.355 e. The van der Waals surface area contributed by atoms with Crippen LogP contribution in [0.25, 0.3) is 0 Å². The van der Waals surface area contributed by atoms with Crippen molar-refractivity contribution < 1.29 is 4.79 Å². The van der Waals surface area contributed by atoms with Gasteiger partial charge in [-0.2, -0.15) is 0 Å². The molecule has 1 amide bonds. The van der Waals surface area contributed by atoms with Crippen molar-refractivity contribution in [2.75, 3.05) is 14.1 Å². The highest BCUT2D eigenvalue weighted by molar-refractivity contribution is 6.72. The van der Waals surface area contributed by atoms with Crippen LogP contribution in [-0.2, 0) is 4.79 Å². The van der Waals surface area contributed by atoms with Gasteiger partial charge in [-0.05, 0) is 6.92 Å². The maximum Gasteiger partial charge on any atom is 0.253 e. The fourth-order valence-electron chi connectivity index (χ4n) is 0.599. The van der Waals surface area contributed by atoms with Crippen molar-refractivity contribution in [3.8, 4) is 0 Å². The van der Waals surface area contributed by atoms with Gasteiger partial charge in [0, 0.05) is 14.1 Å². The third-order valence-electron chi connectivity index (χ3n) is 1.18. The molecule has 0 bridgehead atoms. The molecular weight excluding hydrogens is 164 g/mol. The lowest BCUT2D eigenvalue weighted by atomic mass is 10.2. The number of hydrogen-bond donors (Lipinski definition) is 1. The van der Waals surface area contributed by atoms with E-state index in [1.54, 1.807) is 20.0 Å². The molecule has 0 fully saturated rings. The van der Waals surface area contributed by atoms with Gasteiger partial charge in [0.2, 0.25) is 0 Å². The number of hydrogen-bond acceptors (Lipinski definition) is 2. The molecule has 0 heterocycles. The Kier molecular flexibility index (Phi) is 4.54. The summed E-state index contributed by atoms with van der Waals surface area (Å²) in [5, 5.41) is 2.69. The molecular formula is C7H11ClN2O. The summed E-state index contributed by atoms with van der Waals surface area (Å²) in [5.74, 6) is -0.219. The van der Waals surface area contributed by atoms with Crippen molar-refractivity contribution in [2.24, 2.45) is 4.99 Å². The normalized spacial score (nSPS) is 13.1. The highest BCUT2D eigenvalue weighted by Gasteiger charge is 2.09. The standard InChI is InChI=1S/C7H11ClN2O/c1-4-5(6(8)9-2)7(11)10-3/h4H,1-3H3,(H,10,11)/b5-4+,9-6?. The number of amides is 1. The van der Waals surface area contributed by atoms with Gasteiger partial charge in [0.1, 0.15) is 5.17 Å². The van der Waals surface area contributed by atoms with Gasteiger partial charge in [0.15, 0.2) is 0 Å². The van der Waals surface area contributed by atoms with Gasteiger partial charge < -0.3 is 5.32 Å². The summed E-state index contributed by atoms with van der Waals surface area (Å²) in [5.41, 5.74) is 0.400. The monoisotopic (exact) mass is 174 g/mol. The first-order valence-electron chi connectivity index (χ1n) is 3.18. The van der Waals surface area contributed by atoms with Crippen molar-refractivity contribution in [2.45, 2.75) is 6.92 Å². The van der Waals surface area contributed by atoms with Crippen molar-refractivity contribution >= 4 is 22.7 Å². The zero-order valence-electron chi connectivity index (χ0n) is 6.81. The fourth-order valence-corrected chi connectivity index (χ4v) is 0.794. The number of carbonyl (C=O) groups excluding carboxylic acids is 1. The summed E-state index contributed by atoms with van der Waals surface area (Å²) >= 11 is 5.63. The van der Waals surface area contributed by atoms with E-state index < -0.39 is 0 Å². The molecule has 0 atom stereocenters. The average Bonchev–Trinajstić information content (AvgIpc) is 2.05. The van der Waals surface area contributed by atoms with Gasteiger partial charge in [-0.15, -0.1) is 0 Å². The Balaban J connectivity index is 4.57. The Bertz CT molecular complexity index is 208. The zero-order chi connectivity index (χ0) is 8.85. The number of nitrogens with zero attached hydrogens (tertiary/aromatic N) is 1. The van der Waals surface area contributed by atoms with Crippen LogP contribution in [0.3, 0.4) is 0 Å². The van der Waals surface area contributed by atoms with Gasteiger partial charge in [-0.3, -0.25) is 9.79 Å². The highest BCUT2D eigenvalue weighted by Crippen LogP contribution is 2.01. The van der Waals surface area contributed by atoms with Gasteiger partial charge in [-0.1, -0.05) is 17.7 Å². The van der Waals surface area contributed by atoms with E-state index in [0.717, 1.165) is 0 Å². The van der Waals surface area contributed by atoms with Gasteiger partial charge >= 0.3 is 0 Å². The van der Waals surface area contributed by atoms with E-state index in [2.05, 4.69) is 10.3 Å². The molecule has 0 spiro atoms. The lowest BCUT2D eigenvalue weighted by molar-refractivity contribution is -0.116. The summed E-state index contributed by atoms with van der Waals surface area (Å²) in [6.45, 7) is 1.73. The molecule has 0 aromatic heterocycles. The van der Waals surface area contributed by atoms with Gasteiger partial charge in [0.05, 0.1) is 5.57 Å². The fraction of sp³-hybridized carbons (Fsp3) is 0.429. The third-order valence-corrected chi connectivity index (χ3v) is 1.55. The van der Waals surface area contributed by atoms with Crippen molar-refractivity contribution in [1.82, 2.24) is 5.32 Å². The summed E-state index contributed by atoms with van der Waals surface area (Å²) in [6.07, 6.45) is 1.62. The van der Waals surface area contributed by atoms with Crippen LogP contribution in [0.1, 0.15) is 6.92 Å². The maximum atomic E-state index is 11.0. The van der Waals surface area contributed by atoms with Crippen molar-refractivity contribution in [1.29, 1.82) is 0 Å². The van der Waals surface area contributed by atoms with Gasteiger partial charge in [-0.25, -0.2) is 0 Å².